The normalized spacial score (nSPS) is 17.9. The second-order valence-corrected chi connectivity index (χ2v) is 14.5. The van der Waals surface area contributed by atoms with Crippen molar-refractivity contribution in [1.29, 1.82) is 0 Å². The quantitative estimate of drug-likeness (QED) is 0.600. The number of nitrogens with one attached hydrogen (secondary N) is 2. The summed E-state index contributed by atoms with van der Waals surface area (Å²) in [5.41, 5.74) is 1.05. The predicted molar refractivity (Wildman–Crippen MR) is 137 cm³/mol. The third-order valence-corrected chi connectivity index (χ3v) is 9.47. The van der Waals surface area contributed by atoms with E-state index in [0.717, 1.165) is 32.2 Å². The van der Waals surface area contributed by atoms with E-state index in [4.69, 9.17) is 0 Å². The van der Waals surface area contributed by atoms with Gasteiger partial charge in [-0.3, -0.25) is 4.79 Å². The molecule has 0 bridgehead atoms. The molecule has 2 aromatic rings. The molecule has 35 heavy (non-hydrogen) atoms. The third kappa shape index (κ3) is 6.05. The lowest BCUT2D eigenvalue weighted by atomic mass is 9.93. The molecule has 1 spiro atoms. The average Bonchev–Trinajstić information content (AvgIpc) is 3.50. The van der Waals surface area contributed by atoms with Gasteiger partial charge in [-0.2, -0.15) is 0 Å². The molecule has 2 N–H and O–H groups in total. The fraction of sp³-hybridized carbons (Fsp3) is 0.480. The zero-order valence-corrected chi connectivity index (χ0v) is 22.2. The molecule has 0 radical (unpaired) electrons. The van der Waals surface area contributed by atoms with Gasteiger partial charge < -0.3 is 10.2 Å². The van der Waals surface area contributed by atoms with Gasteiger partial charge in [-0.05, 0) is 88.3 Å². The summed E-state index contributed by atoms with van der Waals surface area (Å²) < 4.78 is 52.4. The number of sulfonamides is 1. The minimum atomic E-state index is -3.77. The van der Waals surface area contributed by atoms with Gasteiger partial charge in [0.25, 0.3) is 5.91 Å². The van der Waals surface area contributed by atoms with Gasteiger partial charge in [0.15, 0.2) is 9.84 Å². The first-order valence-electron chi connectivity index (χ1n) is 11.7. The molecule has 1 saturated heterocycles. The number of sulfone groups is 1. The number of benzene rings is 2. The maximum Gasteiger partial charge on any atom is 0.257 e. The van der Waals surface area contributed by atoms with Crippen LogP contribution in [0.1, 0.15) is 56.8 Å². The van der Waals surface area contributed by atoms with E-state index < -0.39 is 31.3 Å². The van der Waals surface area contributed by atoms with E-state index >= 15 is 0 Å². The Balaban J connectivity index is 1.62. The van der Waals surface area contributed by atoms with Crippen LogP contribution in [0.2, 0.25) is 0 Å². The number of amides is 1. The SMILES string of the molecule is CC(C)(C)NS(=O)(=O)c1cccc(NC(=O)c2ccc(S(C)(=O)=O)cc2N2CCC3(CC2)CC3)c1. The summed E-state index contributed by atoms with van der Waals surface area (Å²) >= 11 is 0. The summed E-state index contributed by atoms with van der Waals surface area (Å²) in [4.78, 5) is 15.6. The van der Waals surface area contributed by atoms with Gasteiger partial charge in [-0.25, -0.2) is 21.6 Å². The standard InChI is InChI=1S/C25H33N3O5S2/c1-24(2,3)27-35(32,33)20-7-5-6-18(16-20)26-23(29)21-9-8-19(34(4,30)31)17-22(21)28-14-12-25(10-11-25)13-15-28/h5-9,16-17,27H,10-15H2,1-4H3,(H,26,29). The molecule has 1 saturated carbocycles. The van der Waals surface area contributed by atoms with E-state index in [1.165, 1.54) is 37.1 Å². The summed E-state index contributed by atoms with van der Waals surface area (Å²) in [6, 6.07) is 10.6. The number of carbonyl (C=O) groups is 1. The van der Waals surface area contributed by atoms with Crippen molar-refractivity contribution >= 4 is 37.1 Å². The van der Waals surface area contributed by atoms with E-state index in [1.54, 1.807) is 39.0 Å². The molecule has 4 rings (SSSR count). The minimum Gasteiger partial charge on any atom is -0.371 e. The van der Waals surface area contributed by atoms with E-state index in [-0.39, 0.29) is 9.79 Å². The highest BCUT2D eigenvalue weighted by atomic mass is 32.2. The molecule has 2 aromatic carbocycles. The lowest BCUT2D eigenvalue weighted by Crippen LogP contribution is -2.40. The van der Waals surface area contributed by atoms with Gasteiger partial charge in [0, 0.05) is 30.6 Å². The topological polar surface area (TPSA) is 113 Å². The Kier molecular flexibility index (Phi) is 6.53. The number of rotatable bonds is 6. The molecule has 190 valence electrons. The van der Waals surface area contributed by atoms with E-state index in [2.05, 4.69) is 14.9 Å². The molecule has 1 amide bonds. The lowest BCUT2D eigenvalue weighted by Gasteiger charge is -2.35. The number of hydrogen-bond donors (Lipinski definition) is 2. The first kappa shape index (κ1) is 25.7. The highest BCUT2D eigenvalue weighted by Gasteiger charge is 2.44. The number of carbonyl (C=O) groups excluding carboxylic acids is 1. The van der Waals surface area contributed by atoms with E-state index in [0.29, 0.717) is 22.4 Å². The van der Waals surface area contributed by atoms with Crippen LogP contribution >= 0.6 is 0 Å². The highest BCUT2D eigenvalue weighted by molar-refractivity contribution is 7.90. The third-order valence-electron chi connectivity index (χ3n) is 6.61. The van der Waals surface area contributed by atoms with Gasteiger partial charge in [-0.1, -0.05) is 6.07 Å². The molecule has 2 fully saturated rings. The van der Waals surface area contributed by atoms with Crippen molar-refractivity contribution < 1.29 is 21.6 Å². The summed E-state index contributed by atoms with van der Waals surface area (Å²) in [5.74, 6) is -0.426. The Morgan fingerprint density at radius 2 is 1.57 bits per heavy atom. The van der Waals surface area contributed by atoms with Gasteiger partial charge in [0.2, 0.25) is 10.0 Å². The number of nitrogens with zero attached hydrogens (tertiary/aromatic N) is 1. The van der Waals surface area contributed by atoms with Crippen LogP contribution in [0.25, 0.3) is 0 Å². The molecule has 1 heterocycles. The summed E-state index contributed by atoms with van der Waals surface area (Å²) in [7, 11) is -7.21. The van der Waals surface area contributed by atoms with E-state index in [1.807, 2.05) is 0 Å². The van der Waals surface area contributed by atoms with Crippen LogP contribution in [-0.2, 0) is 19.9 Å². The van der Waals surface area contributed by atoms with Crippen molar-refractivity contribution in [3.8, 4) is 0 Å². The fourth-order valence-corrected chi connectivity index (χ4v) is 6.60. The van der Waals surface area contributed by atoms with Crippen molar-refractivity contribution in [2.24, 2.45) is 5.41 Å². The molecule has 0 unspecified atom stereocenters. The summed E-state index contributed by atoms with van der Waals surface area (Å²) in [5, 5.41) is 2.79. The zero-order valence-electron chi connectivity index (χ0n) is 20.6. The largest absolute Gasteiger partial charge is 0.371 e. The maximum atomic E-state index is 13.3. The zero-order chi connectivity index (χ0) is 25.6. The molecule has 0 atom stereocenters. The molecule has 2 aliphatic rings. The second kappa shape index (κ2) is 8.90. The van der Waals surface area contributed by atoms with Crippen molar-refractivity contribution in [2.75, 3.05) is 29.6 Å². The van der Waals surface area contributed by atoms with Crippen LogP contribution in [0.3, 0.4) is 0 Å². The number of anilines is 2. The van der Waals surface area contributed by atoms with E-state index in [9.17, 15) is 21.6 Å². The smallest absolute Gasteiger partial charge is 0.257 e. The average molecular weight is 520 g/mol. The molecular formula is C25H33N3O5S2. The van der Waals surface area contributed by atoms with Gasteiger partial charge in [0.1, 0.15) is 0 Å². The van der Waals surface area contributed by atoms with Gasteiger partial charge >= 0.3 is 0 Å². The molecule has 8 nitrogen and oxygen atoms in total. The molecule has 0 aromatic heterocycles. The number of hydrogen-bond acceptors (Lipinski definition) is 6. The Morgan fingerprint density at radius 3 is 2.14 bits per heavy atom. The molecular weight excluding hydrogens is 486 g/mol. The maximum absolute atomic E-state index is 13.3. The van der Waals surface area contributed by atoms with Crippen molar-refractivity contribution in [1.82, 2.24) is 4.72 Å². The predicted octanol–water partition coefficient (Wildman–Crippen LogP) is 3.80. The second-order valence-electron chi connectivity index (χ2n) is 10.8. The monoisotopic (exact) mass is 519 g/mol. The summed E-state index contributed by atoms with van der Waals surface area (Å²) in [6.07, 6.45) is 5.68. The minimum absolute atomic E-state index is 0.0450. The summed E-state index contributed by atoms with van der Waals surface area (Å²) in [6.45, 7) is 6.79. The van der Waals surface area contributed by atoms with Crippen LogP contribution in [0, 0.1) is 5.41 Å². The molecule has 10 heteroatoms. The van der Waals surface area contributed by atoms with Crippen LogP contribution < -0.4 is 14.9 Å². The Morgan fingerprint density at radius 1 is 0.914 bits per heavy atom. The van der Waals surface area contributed by atoms with Crippen molar-refractivity contribution in [2.45, 2.75) is 61.8 Å². The highest BCUT2D eigenvalue weighted by Crippen LogP contribution is 2.54. The van der Waals surface area contributed by atoms with Gasteiger partial charge in [-0.15, -0.1) is 0 Å². The van der Waals surface area contributed by atoms with Crippen LogP contribution in [0.15, 0.2) is 52.3 Å². The Bertz CT molecular complexity index is 1350. The van der Waals surface area contributed by atoms with Crippen LogP contribution in [0.4, 0.5) is 11.4 Å². The van der Waals surface area contributed by atoms with Crippen LogP contribution in [-0.4, -0.2) is 47.6 Å². The first-order chi connectivity index (χ1) is 16.2. The van der Waals surface area contributed by atoms with Crippen molar-refractivity contribution in [3.63, 3.8) is 0 Å². The molecule has 1 aliphatic carbocycles. The lowest BCUT2D eigenvalue weighted by molar-refractivity contribution is 0.102. The van der Waals surface area contributed by atoms with Crippen molar-refractivity contribution in [3.05, 3.63) is 48.0 Å². The Hall–Kier alpha value is -2.43. The molecule has 1 aliphatic heterocycles. The first-order valence-corrected chi connectivity index (χ1v) is 15.1. The van der Waals surface area contributed by atoms with Crippen LogP contribution in [0.5, 0.6) is 0 Å². The fourth-order valence-electron chi connectivity index (χ4n) is 4.50. The Labute approximate surface area is 208 Å². The van der Waals surface area contributed by atoms with Gasteiger partial charge in [0.05, 0.1) is 21.0 Å². The number of piperidine rings is 1.